The molecule has 0 aliphatic carbocycles. The quantitative estimate of drug-likeness (QED) is 0.330. The highest BCUT2D eigenvalue weighted by molar-refractivity contribution is 6.34. The molecule has 2 fully saturated rings. The van der Waals surface area contributed by atoms with E-state index in [1.54, 1.807) is 54.8 Å². The minimum atomic E-state index is -1.53. The first kappa shape index (κ1) is 38.4. The number of allylic oxidation sites excluding steroid dienone is 3. The zero-order valence-electron chi connectivity index (χ0n) is 30.4. The van der Waals surface area contributed by atoms with Crippen LogP contribution in [0.1, 0.15) is 71.9 Å². The molecule has 270 valence electrons. The minimum absolute atomic E-state index is 0.139. The van der Waals surface area contributed by atoms with Gasteiger partial charge in [-0.1, -0.05) is 62.2 Å². The van der Waals surface area contributed by atoms with Gasteiger partial charge in [-0.05, 0) is 57.9 Å². The van der Waals surface area contributed by atoms with E-state index in [0.29, 0.717) is 23.6 Å². The second-order valence-electron chi connectivity index (χ2n) is 14.8. The van der Waals surface area contributed by atoms with Crippen LogP contribution in [0.25, 0.3) is 0 Å². The first-order valence-electron chi connectivity index (χ1n) is 16.6. The van der Waals surface area contributed by atoms with Crippen molar-refractivity contribution < 1.29 is 38.4 Å². The number of halogens is 1. The van der Waals surface area contributed by atoms with Crippen molar-refractivity contribution in [2.24, 2.45) is 5.41 Å². The Morgan fingerprint density at radius 2 is 1.94 bits per heavy atom. The summed E-state index contributed by atoms with van der Waals surface area (Å²) in [6.07, 6.45) is 3.59. The van der Waals surface area contributed by atoms with Gasteiger partial charge in [0.1, 0.15) is 30.0 Å². The number of carbonyl (C=O) groups excluding carboxylic acids is 3. The lowest BCUT2D eigenvalue weighted by molar-refractivity contribution is -0.163. The minimum Gasteiger partial charge on any atom is -0.476 e. The lowest BCUT2D eigenvalue weighted by Gasteiger charge is -2.42. The van der Waals surface area contributed by atoms with Crippen LogP contribution in [0, 0.1) is 12.3 Å². The van der Waals surface area contributed by atoms with Gasteiger partial charge in [-0.2, -0.15) is 0 Å². The van der Waals surface area contributed by atoms with Crippen LogP contribution in [0.3, 0.4) is 0 Å². The SMILES string of the molecule is C=C1N[C@]2(O)C[C@@H](C[C@@H]3O[C@@]3(C)[C@@H](OC(=O)[C@@H](C)N(C)C(=O)C(C)(C)C)CC(=O)N(C)c3cc(cc(C)c3Cl)C/C(C)=C/C=C/[C@H]2OC)O1. The van der Waals surface area contributed by atoms with E-state index in [1.165, 1.54) is 16.9 Å². The molecule has 4 rings (SSSR count). The number of hydrogen-bond acceptors (Lipinski definition) is 9. The van der Waals surface area contributed by atoms with Crippen molar-refractivity contribution in [3.05, 3.63) is 64.5 Å². The third kappa shape index (κ3) is 8.51. The molecule has 2 N–H and O–H groups in total. The van der Waals surface area contributed by atoms with Crippen molar-refractivity contribution in [3.63, 3.8) is 0 Å². The number of carbonyl (C=O) groups is 3. The fraction of sp³-hybridized carbons (Fsp3) is 0.595. The summed E-state index contributed by atoms with van der Waals surface area (Å²) in [6, 6.07) is 2.94. The predicted molar refractivity (Wildman–Crippen MR) is 188 cm³/mol. The molecule has 0 aromatic heterocycles. The van der Waals surface area contributed by atoms with Crippen LogP contribution < -0.4 is 10.2 Å². The summed E-state index contributed by atoms with van der Waals surface area (Å²) < 4.78 is 24.0. The molecule has 2 saturated heterocycles. The largest absolute Gasteiger partial charge is 0.476 e. The number of epoxide rings is 1. The molecule has 3 aliphatic rings. The summed E-state index contributed by atoms with van der Waals surface area (Å²) in [5.41, 5.74) is 0.000767. The number of anilines is 1. The Bertz CT molecular complexity index is 1540. The fourth-order valence-corrected chi connectivity index (χ4v) is 6.74. The van der Waals surface area contributed by atoms with E-state index in [-0.39, 0.29) is 30.5 Å². The van der Waals surface area contributed by atoms with Gasteiger partial charge >= 0.3 is 5.97 Å². The monoisotopic (exact) mass is 701 g/mol. The molecular weight excluding hydrogens is 650 g/mol. The highest BCUT2D eigenvalue weighted by atomic mass is 35.5. The molecule has 3 heterocycles. The molecule has 2 amide bonds. The highest BCUT2D eigenvalue weighted by Crippen LogP contribution is 2.47. The van der Waals surface area contributed by atoms with Crippen molar-refractivity contribution in [2.45, 2.75) is 116 Å². The Kier molecular flexibility index (Phi) is 11.3. The lowest BCUT2D eigenvalue weighted by Crippen LogP contribution is -2.59. The summed E-state index contributed by atoms with van der Waals surface area (Å²) >= 11 is 6.76. The molecule has 0 spiro atoms. The summed E-state index contributed by atoms with van der Waals surface area (Å²) in [4.78, 5) is 43.4. The van der Waals surface area contributed by atoms with Gasteiger partial charge in [-0.3, -0.25) is 9.59 Å². The summed E-state index contributed by atoms with van der Waals surface area (Å²) in [5.74, 6) is -1.05. The van der Waals surface area contributed by atoms with Crippen LogP contribution in [0.2, 0.25) is 5.02 Å². The molecule has 3 aliphatic heterocycles. The van der Waals surface area contributed by atoms with Crippen LogP contribution in [-0.4, -0.2) is 90.8 Å². The standard InChI is InChI=1S/C37H52ClN3O8/c1-21-13-12-14-28(46-11)37(45)20-26(47-24(4)39-37)18-30-36(8,49-30)29(48-33(43)23(3)40(9)34(44)35(5,6)7)19-31(42)41(10)27-17-25(15-21)16-22(2)32(27)38/h12-14,16-17,23,26,28-30,39,45H,4,15,18-20H2,1-3,5-11H3/b14-12+,21-13+/t23-,26-,28-,29+,30+,36+,37+/m1/s1. The Labute approximate surface area is 295 Å². The molecular formula is C37H52ClN3O8. The maximum Gasteiger partial charge on any atom is 0.328 e. The van der Waals surface area contributed by atoms with Gasteiger partial charge in [0.2, 0.25) is 11.8 Å². The number of likely N-dealkylation sites (N-methyl/N-ethyl adjacent to an activating group) is 1. The molecule has 0 radical (unpaired) electrons. The van der Waals surface area contributed by atoms with Gasteiger partial charge in [-0.15, -0.1) is 0 Å². The molecule has 1 aromatic carbocycles. The Balaban J connectivity index is 1.73. The Hall–Kier alpha value is -3.38. The molecule has 12 heteroatoms. The number of methoxy groups -OCH3 is 1. The lowest BCUT2D eigenvalue weighted by atomic mass is 9.89. The number of ether oxygens (including phenoxy) is 4. The maximum absolute atomic E-state index is 14.0. The van der Waals surface area contributed by atoms with Crippen LogP contribution in [0.5, 0.6) is 0 Å². The predicted octanol–water partition coefficient (Wildman–Crippen LogP) is 4.97. The van der Waals surface area contributed by atoms with Crippen LogP contribution in [0.4, 0.5) is 5.69 Å². The number of rotatable bonds is 4. The molecule has 11 nitrogen and oxygen atoms in total. The topological polar surface area (TPSA) is 130 Å². The van der Waals surface area contributed by atoms with Gasteiger partial charge in [0, 0.05) is 39.5 Å². The smallest absolute Gasteiger partial charge is 0.328 e. The molecule has 0 unspecified atom stereocenters. The first-order chi connectivity index (χ1) is 22.7. The third-order valence-electron chi connectivity index (χ3n) is 9.71. The average Bonchev–Trinajstić information content (AvgIpc) is 3.66. The van der Waals surface area contributed by atoms with E-state index in [4.69, 9.17) is 30.5 Å². The maximum atomic E-state index is 14.0. The number of nitrogens with one attached hydrogen (secondary N) is 1. The number of nitrogens with zero attached hydrogens (tertiary/aromatic N) is 2. The van der Waals surface area contributed by atoms with Gasteiger partial charge in [-0.25, -0.2) is 4.79 Å². The first-order valence-corrected chi connectivity index (χ1v) is 17.0. The number of amides is 2. The van der Waals surface area contributed by atoms with Crippen LogP contribution >= 0.6 is 11.6 Å². The Morgan fingerprint density at radius 3 is 2.57 bits per heavy atom. The fourth-order valence-electron chi connectivity index (χ4n) is 6.50. The van der Waals surface area contributed by atoms with Gasteiger partial charge in [0.15, 0.2) is 11.6 Å². The van der Waals surface area contributed by atoms with Crippen LogP contribution in [-0.2, 0) is 39.8 Å². The van der Waals surface area contributed by atoms with Gasteiger partial charge in [0.25, 0.3) is 0 Å². The molecule has 0 saturated carbocycles. The van der Waals surface area contributed by atoms with E-state index < -0.39 is 53.2 Å². The van der Waals surface area contributed by atoms with Crippen molar-refractivity contribution in [1.29, 1.82) is 0 Å². The number of esters is 1. The second-order valence-corrected chi connectivity index (χ2v) is 15.2. The van der Waals surface area contributed by atoms with Gasteiger partial charge < -0.3 is 39.2 Å². The zero-order chi connectivity index (χ0) is 36.6. The highest BCUT2D eigenvalue weighted by Gasteiger charge is 2.61. The van der Waals surface area contributed by atoms with E-state index in [0.717, 1.165) is 16.7 Å². The van der Waals surface area contributed by atoms with Crippen molar-refractivity contribution in [2.75, 3.05) is 26.1 Å². The summed E-state index contributed by atoms with van der Waals surface area (Å²) in [7, 11) is 4.72. The number of fused-ring (bicyclic) bond motifs is 5. The number of benzene rings is 1. The number of aliphatic hydroxyl groups is 1. The normalized spacial score (nSPS) is 31.7. The Morgan fingerprint density at radius 1 is 1.27 bits per heavy atom. The molecule has 49 heavy (non-hydrogen) atoms. The third-order valence-corrected chi connectivity index (χ3v) is 10.2. The number of hydrogen-bond donors (Lipinski definition) is 2. The van der Waals surface area contributed by atoms with E-state index in [2.05, 4.69) is 11.9 Å². The van der Waals surface area contributed by atoms with E-state index >= 15 is 0 Å². The molecule has 1 aromatic rings. The molecule has 4 bridgehead atoms. The van der Waals surface area contributed by atoms with Crippen molar-refractivity contribution in [1.82, 2.24) is 10.2 Å². The zero-order valence-corrected chi connectivity index (χ0v) is 31.1. The van der Waals surface area contributed by atoms with Crippen molar-refractivity contribution in [3.8, 4) is 0 Å². The van der Waals surface area contributed by atoms with E-state index in [9.17, 15) is 19.5 Å². The van der Waals surface area contributed by atoms with Gasteiger partial charge in [0.05, 0.1) is 23.2 Å². The molecule has 7 atom stereocenters. The number of aryl methyl sites for hydroxylation is 1. The van der Waals surface area contributed by atoms with E-state index in [1.807, 2.05) is 38.1 Å². The second kappa shape index (κ2) is 14.5. The van der Waals surface area contributed by atoms with Crippen molar-refractivity contribution >= 4 is 35.1 Å². The summed E-state index contributed by atoms with van der Waals surface area (Å²) in [6.45, 7) is 16.5. The summed E-state index contributed by atoms with van der Waals surface area (Å²) in [5, 5.41) is 15.1. The van der Waals surface area contributed by atoms with Crippen LogP contribution in [0.15, 0.2) is 48.4 Å². The average molecular weight is 702 g/mol.